The van der Waals surface area contributed by atoms with E-state index in [1.165, 1.54) is 31.5 Å². The lowest BCUT2D eigenvalue weighted by Gasteiger charge is -2.12. The number of aromatic carboxylic acids is 1. The topological polar surface area (TPSA) is 59.4 Å². The summed E-state index contributed by atoms with van der Waals surface area (Å²) in [5.74, 6) is -2.64. The van der Waals surface area contributed by atoms with Crippen LogP contribution >= 0.6 is 0 Å². The number of aryl methyl sites for hydroxylation is 1. The molecular weight excluding hydrogens is 316 g/mol. The highest BCUT2D eigenvalue weighted by atomic mass is 19.1. The van der Waals surface area contributed by atoms with E-state index >= 15 is 0 Å². The molecule has 0 aliphatic carbocycles. The van der Waals surface area contributed by atoms with Crippen LogP contribution in [-0.4, -0.2) is 23.2 Å². The monoisotopic (exact) mass is 329 g/mol. The molecule has 0 atom stereocenters. The highest BCUT2D eigenvalue weighted by molar-refractivity contribution is 6.01. The second kappa shape index (κ2) is 5.88. The van der Waals surface area contributed by atoms with Crippen LogP contribution in [0.25, 0.3) is 22.0 Å². The molecule has 0 saturated heterocycles. The van der Waals surface area contributed by atoms with Crippen LogP contribution in [0.3, 0.4) is 0 Å². The zero-order valence-electron chi connectivity index (χ0n) is 12.9. The summed E-state index contributed by atoms with van der Waals surface area (Å²) >= 11 is 0. The summed E-state index contributed by atoms with van der Waals surface area (Å²) in [5.41, 5.74) is 1.13. The number of hydrogen-bond donors (Lipinski definition) is 1. The van der Waals surface area contributed by atoms with Gasteiger partial charge < -0.3 is 9.84 Å². The number of methoxy groups -OCH3 is 1. The van der Waals surface area contributed by atoms with Gasteiger partial charge in [0.05, 0.1) is 23.8 Å². The van der Waals surface area contributed by atoms with E-state index in [0.29, 0.717) is 16.5 Å². The Morgan fingerprint density at radius 1 is 1.17 bits per heavy atom. The lowest BCUT2D eigenvalue weighted by molar-refractivity contribution is 0.0697. The summed E-state index contributed by atoms with van der Waals surface area (Å²) in [7, 11) is 1.32. The van der Waals surface area contributed by atoms with Crippen molar-refractivity contribution in [3.05, 3.63) is 59.3 Å². The van der Waals surface area contributed by atoms with Crippen LogP contribution < -0.4 is 4.74 Å². The van der Waals surface area contributed by atoms with Crippen LogP contribution in [0.4, 0.5) is 8.78 Å². The zero-order chi connectivity index (χ0) is 17.4. The van der Waals surface area contributed by atoms with E-state index in [1.54, 1.807) is 6.92 Å². The van der Waals surface area contributed by atoms with Gasteiger partial charge in [-0.15, -0.1) is 0 Å². The summed E-state index contributed by atoms with van der Waals surface area (Å²) in [6, 6.07) is 6.47. The van der Waals surface area contributed by atoms with E-state index in [-0.39, 0.29) is 22.4 Å². The maximum Gasteiger partial charge on any atom is 0.335 e. The molecule has 0 saturated carbocycles. The molecule has 0 radical (unpaired) electrons. The first-order chi connectivity index (χ1) is 11.4. The Morgan fingerprint density at radius 3 is 2.42 bits per heavy atom. The zero-order valence-corrected chi connectivity index (χ0v) is 12.9. The first kappa shape index (κ1) is 15.9. The molecule has 1 aromatic heterocycles. The molecule has 0 unspecified atom stereocenters. The van der Waals surface area contributed by atoms with Gasteiger partial charge in [-0.3, -0.25) is 4.98 Å². The second-order valence-electron chi connectivity index (χ2n) is 5.32. The highest BCUT2D eigenvalue weighted by Gasteiger charge is 2.18. The van der Waals surface area contributed by atoms with Gasteiger partial charge in [-0.2, -0.15) is 0 Å². The summed E-state index contributed by atoms with van der Waals surface area (Å²) in [6.45, 7) is 1.70. The van der Waals surface area contributed by atoms with Crippen LogP contribution in [0.2, 0.25) is 0 Å². The van der Waals surface area contributed by atoms with Crippen molar-refractivity contribution in [2.45, 2.75) is 6.92 Å². The molecule has 24 heavy (non-hydrogen) atoms. The summed E-state index contributed by atoms with van der Waals surface area (Å²) in [5, 5.41) is 9.60. The molecule has 0 spiro atoms. The summed E-state index contributed by atoms with van der Waals surface area (Å²) in [6.07, 6.45) is 1.44. The van der Waals surface area contributed by atoms with E-state index in [0.717, 1.165) is 12.1 Å². The number of carboxylic acid groups (broad SMARTS) is 1. The van der Waals surface area contributed by atoms with Gasteiger partial charge in [-0.1, -0.05) is 0 Å². The number of benzene rings is 2. The average molecular weight is 329 g/mol. The number of halogens is 2. The lowest BCUT2D eigenvalue weighted by atomic mass is 9.96. The van der Waals surface area contributed by atoms with E-state index in [2.05, 4.69) is 4.98 Å². The van der Waals surface area contributed by atoms with Gasteiger partial charge in [0, 0.05) is 23.7 Å². The molecule has 1 heterocycles. The molecule has 122 valence electrons. The van der Waals surface area contributed by atoms with Crippen LogP contribution in [0.1, 0.15) is 15.9 Å². The standard InChI is InChI=1S/C18H13F2NO3/c1-9-5-10(18(22)23)6-13-12(3-4-21-17(9)13)16-14(19)7-11(24-2)8-15(16)20/h3-8H,1-2H3,(H,22,23). The number of fused-ring (bicyclic) bond motifs is 1. The quantitative estimate of drug-likeness (QED) is 0.782. The lowest BCUT2D eigenvalue weighted by Crippen LogP contribution is -2.00. The van der Waals surface area contributed by atoms with Gasteiger partial charge in [-0.05, 0) is 36.2 Å². The third kappa shape index (κ3) is 2.56. The third-order valence-corrected chi connectivity index (χ3v) is 3.80. The number of hydrogen-bond acceptors (Lipinski definition) is 3. The van der Waals surface area contributed by atoms with Crippen LogP contribution in [0, 0.1) is 18.6 Å². The predicted molar refractivity (Wildman–Crippen MR) is 85.3 cm³/mol. The molecule has 0 fully saturated rings. The number of rotatable bonds is 3. The van der Waals surface area contributed by atoms with Crippen molar-refractivity contribution in [3.63, 3.8) is 0 Å². The minimum atomic E-state index is -1.12. The first-order valence-electron chi connectivity index (χ1n) is 7.08. The maximum absolute atomic E-state index is 14.4. The Kier molecular flexibility index (Phi) is 3.89. The van der Waals surface area contributed by atoms with E-state index in [1.807, 2.05) is 0 Å². The minimum absolute atomic E-state index is 0.0311. The van der Waals surface area contributed by atoms with Gasteiger partial charge >= 0.3 is 5.97 Å². The van der Waals surface area contributed by atoms with Crippen molar-refractivity contribution in [1.82, 2.24) is 4.98 Å². The maximum atomic E-state index is 14.4. The Hall–Kier alpha value is -3.02. The normalized spacial score (nSPS) is 10.8. The van der Waals surface area contributed by atoms with Crippen molar-refractivity contribution >= 4 is 16.9 Å². The van der Waals surface area contributed by atoms with Gasteiger partial charge in [0.15, 0.2) is 0 Å². The van der Waals surface area contributed by atoms with E-state index in [4.69, 9.17) is 4.74 Å². The van der Waals surface area contributed by atoms with Gasteiger partial charge in [0.25, 0.3) is 0 Å². The molecule has 0 aliphatic heterocycles. The fourth-order valence-corrected chi connectivity index (χ4v) is 2.70. The van der Waals surface area contributed by atoms with Crippen molar-refractivity contribution in [2.75, 3.05) is 7.11 Å². The van der Waals surface area contributed by atoms with Gasteiger partial charge in [0.2, 0.25) is 0 Å². The fourth-order valence-electron chi connectivity index (χ4n) is 2.70. The average Bonchev–Trinajstić information content (AvgIpc) is 2.54. The molecule has 0 bridgehead atoms. The third-order valence-electron chi connectivity index (χ3n) is 3.80. The largest absolute Gasteiger partial charge is 0.497 e. The molecule has 0 amide bonds. The van der Waals surface area contributed by atoms with Crippen LogP contribution in [0.5, 0.6) is 5.75 Å². The molecule has 0 aliphatic rings. The molecule has 4 nitrogen and oxygen atoms in total. The molecule has 3 rings (SSSR count). The van der Waals surface area contributed by atoms with Crippen molar-refractivity contribution in [3.8, 4) is 16.9 Å². The van der Waals surface area contributed by atoms with Crippen LogP contribution in [0.15, 0.2) is 36.5 Å². The SMILES string of the molecule is COc1cc(F)c(-c2ccnc3c(C)cc(C(=O)O)cc23)c(F)c1. The summed E-state index contributed by atoms with van der Waals surface area (Å²) in [4.78, 5) is 15.5. The van der Waals surface area contributed by atoms with Gasteiger partial charge in [-0.25, -0.2) is 13.6 Å². The molecule has 2 aromatic carbocycles. The highest BCUT2D eigenvalue weighted by Crippen LogP contribution is 2.35. The van der Waals surface area contributed by atoms with E-state index < -0.39 is 17.6 Å². The van der Waals surface area contributed by atoms with Crippen molar-refractivity contribution < 1.29 is 23.4 Å². The number of ether oxygens (including phenoxy) is 1. The molecular formula is C18H13F2NO3. The predicted octanol–water partition coefficient (Wildman–Crippen LogP) is 4.20. The summed E-state index contributed by atoms with van der Waals surface area (Å²) < 4.78 is 33.7. The van der Waals surface area contributed by atoms with E-state index in [9.17, 15) is 18.7 Å². The van der Waals surface area contributed by atoms with Crippen molar-refractivity contribution in [1.29, 1.82) is 0 Å². The van der Waals surface area contributed by atoms with Gasteiger partial charge in [0.1, 0.15) is 17.4 Å². The number of carboxylic acids is 1. The molecule has 1 N–H and O–H groups in total. The van der Waals surface area contributed by atoms with Crippen LogP contribution in [-0.2, 0) is 0 Å². The molecule has 6 heteroatoms. The first-order valence-corrected chi connectivity index (χ1v) is 7.08. The molecule has 3 aromatic rings. The Labute approximate surface area is 136 Å². The van der Waals surface area contributed by atoms with Crippen molar-refractivity contribution in [2.24, 2.45) is 0 Å². The Balaban J connectivity index is 2.37. The second-order valence-corrected chi connectivity index (χ2v) is 5.32. The smallest absolute Gasteiger partial charge is 0.335 e. The number of carbonyl (C=O) groups is 1. The Morgan fingerprint density at radius 2 is 1.83 bits per heavy atom. The number of nitrogens with zero attached hydrogens (tertiary/aromatic N) is 1. The Bertz CT molecular complexity index is 947. The number of aromatic nitrogens is 1. The minimum Gasteiger partial charge on any atom is -0.497 e. The fraction of sp³-hybridized carbons (Fsp3) is 0.111. The number of pyridine rings is 1.